The normalized spacial score (nSPS) is 16.9. The van der Waals surface area contributed by atoms with Crippen molar-refractivity contribution in [1.82, 2.24) is 10.2 Å². The third-order valence-electron chi connectivity index (χ3n) is 4.47. The predicted octanol–water partition coefficient (Wildman–Crippen LogP) is 3.30. The smallest absolute Gasteiger partial charge is 0.123 e. The molecule has 0 spiro atoms. The summed E-state index contributed by atoms with van der Waals surface area (Å²) >= 11 is 0. The second-order valence-corrected chi connectivity index (χ2v) is 6.34. The van der Waals surface area contributed by atoms with Crippen molar-refractivity contribution < 1.29 is 9.13 Å². The average molecular weight is 328 g/mol. The fourth-order valence-corrected chi connectivity index (χ4v) is 3.24. The Morgan fingerprint density at radius 1 is 1.12 bits per heavy atom. The van der Waals surface area contributed by atoms with Crippen LogP contribution in [0.1, 0.15) is 22.7 Å². The average Bonchev–Trinajstić information content (AvgIpc) is 2.59. The highest BCUT2D eigenvalue weighted by molar-refractivity contribution is 5.23. The number of aryl methyl sites for hydroxylation is 1. The molecule has 1 saturated heterocycles. The molecule has 1 heterocycles. The molecule has 2 aromatic rings. The van der Waals surface area contributed by atoms with Crippen LogP contribution in [0.2, 0.25) is 0 Å². The van der Waals surface area contributed by atoms with Crippen molar-refractivity contribution in [2.45, 2.75) is 19.5 Å². The molecule has 3 nitrogen and oxygen atoms in total. The van der Waals surface area contributed by atoms with E-state index < -0.39 is 0 Å². The van der Waals surface area contributed by atoms with E-state index in [1.807, 2.05) is 6.07 Å². The van der Waals surface area contributed by atoms with Gasteiger partial charge in [0.1, 0.15) is 5.82 Å². The van der Waals surface area contributed by atoms with Gasteiger partial charge < -0.3 is 10.1 Å². The van der Waals surface area contributed by atoms with Gasteiger partial charge in [-0.2, -0.15) is 0 Å². The van der Waals surface area contributed by atoms with E-state index in [-0.39, 0.29) is 11.9 Å². The molecule has 1 aliphatic heterocycles. The summed E-state index contributed by atoms with van der Waals surface area (Å²) in [6.45, 7) is 6.95. The first kappa shape index (κ1) is 17.1. The fraction of sp³-hybridized carbons (Fsp3) is 0.400. The van der Waals surface area contributed by atoms with Crippen molar-refractivity contribution in [3.05, 3.63) is 71.0 Å². The van der Waals surface area contributed by atoms with Crippen LogP contribution in [0.3, 0.4) is 0 Å². The second-order valence-electron chi connectivity index (χ2n) is 6.34. The first-order valence-electron chi connectivity index (χ1n) is 8.56. The lowest BCUT2D eigenvalue weighted by Crippen LogP contribution is -2.42. The summed E-state index contributed by atoms with van der Waals surface area (Å²) in [6.07, 6.45) is 0. The van der Waals surface area contributed by atoms with Crippen molar-refractivity contribution in [2.24, 2.45) is 0 Å². The van der Waals surface area contributed by atoms with Gasteiger partial charge in [0.05, 0.1) is 13.2 Å². The molecule has 0 bridgehead atoms. The first-order valence-corrected chi connectivity index (χ1v) is 8.56. The van der Waals surface area contributed by atoms with Crippen molar-refractivity contribution in [2.75, 3.05) is 32.8 Å². The molecule has 0 saturated carbocycles. The minimum atomic E-state index is -0.176. The molecule has 128 valence electrons. The van der Waals surface area contributed by atoms with Gasteiger partial charge in [0, 0.05) is 32.2 Å². The minimum Gasteiger partial charge on any atom is -0.379 e. The summed E-state index contributed by atoms with van der Waals surface area (Å²) in [5.41, 5.74) is 3.56. The Kier molecular flexibility index (Phi) is 5.96. The van der Waals surface area contributed by atoms with Gasteiger partial charge in [-0.05, 0) is 30.2 Å². The van der Waals surface area contributed by atoms with Gasteiger partial charge in [0.15, 0.2) is 0 Å². The summed E-state index contributed by atoms with van der Waals surface area (Å²) in [7, 11) is 0. The van der Waals surface area contributed by atoms with Gasteiger partial charge in [0.25, 0.3) is 0 Å². The Labute approximate surface area is 143 Å². The van der Waals surface area contributed by atoms with E-state index >= 15 is 0 Å². The summed E-state index contributed by atoms with van der Waals surface area (Å²) in [4.78, 5) is 2.38. The predicted molar refractivity (Wildman–Crippen MR) is 94.4 cm³/mol. The third kappa shape index (κ3) is 4.63. The number of halogens is 1. The molecule has 0 aromatic heterocycles. The van der Waals surface area contributed by atoms with Crippen LogP contribution in [0.5, 0.6) is 0 Å². The van der Waals surface area contributed by atoms with Gasteiger partial charge in [-0.3, -0.25) is 4.90 Å². The number of hydrogen-bond donors (Lipinski definition) is 1. The van der Waals surface area contributed by atoms with Crippen LogP contribution in [0.15, 0.2) is 48.5 Å². The lowest BCUT2D eigenvalue weighted by molar-refractivity contribution is 0.0160. The summed E-state index contributed by atoms with van der Waals surface area (Å²) in [6, 6.07) is 15.6. The van der Waals surface area contributed by atoms with Crippen molar-refractivity contribution in [3.63, 3.8) is 0 Å². The fourth-order valence-electron chi connectivity index (χ4n) is 3.24. The van der Waals surface area contributed by atoms with Gasteiger partial charge in [0.2, 0.25) is 0 Å². The van der Waals surface area contributed by atoms with E-state index in [0.717, 1.165) is 45.0 Å². The maximum absolute atomic E-state index is 13.7. The molecule has 1 N–H and O–H groups in total. The largest absolute Gasteiger partial charge is 0.379 e. The molecule has 1 aliphatic rings. The molecular weight excluding hydrogens is 303 g/mol. The van der Waals surface area contributed by atoms with Crippen molar-refractivity contribution >= 4 is 0 Å². The second kappa shape index (κ2) is 8.38. The van der Waals surface area contributed by atoms with Crippen LogP contribution in [-0.2, 0) is 11.3 Å². The van der Waals surface area contributed by atoms with Gasteiger partial charge in [-0.1, -0.05) is 42.0 Å². The Bertz CT molecular complexity index is 656. The van der Waals surface area contributed by atoms with Crippen LogP contribution in [0.4, 0.5) is 4.39 Å². The zero-order valence-corrected chi connectivity index (χ0v) is 14.2. The highest BCUT2D eigenvalue weighted by Gasteiger charge is 2.22. The van der Waals surface area contributed by atoms with Crippen molar-refractivity contribution in [1.29, 1.82) is 0 Å². The van der Waals surface area contributed by atoms with Crippen LogP contribution in [0.25, 0.3) is 0 Å². The molecule has 3 rings (SSSR count). The van der Waals surface area contributed by atoms with E-state index in [1.165, 1.54) is 17.2 Å². The summed E-state index contributed by atoms with van der Waals surface area (Å²) in [5, 5.41) is 3.54. The lowest BCUT2D eigenvalue weighted by Gasteiger charge is -2.35. The number of benzene rings is 2. The van der Waals surface area contributed by atoms with Gasteiger partial charge in [-0.25, -0.2) is 4.39 Å². The first-order chi connectivity index (χ1) is 11.7. The summed E-state index contributed by atoms with van der Waals surface area (Å²) in [5.74, 6) is -0.176. The molecule has 0 aliphatic carbocycles. The van der Waals surface area contributed by atoms with Gasteiger partial charge >= 0.3 is 0 Å². The lowest BCUT2D eigenvalue weighted by atomic mass is 10.0. The number of hydrogen-bond acceptors (Lipinski definition) is 3. The SMILES string of the molecule is Cc1cccc(CNCC(c2cccc(F)c2)N2CCOCC2)c1. The Morgan fingerprint density at radius 3 is 2.67 bits per heavy atom. The molecule has 1 unspecified atom stereocenters. The highest BCUT2D eigenvalue weighted by atomic mass is 19.1. The molecule has 4 heteroatoms. The molecule has 0 radical (unpaired) electrons. The number of morpholine rings is 1. The van der Waals surface area contributed by atoms with Crippen LogP contribution in [-0.4, -0.2) is 37.7 Å². The maximum Gasteiger partial charge on any atom is 0.123 e. The number of nitrogens with one attached hydrogen (secondary N) is 1. The van der Waals surface area contributed by atoms with Crippen LogP contribution < -0.4 is 5.32 Å². The highest BCUT2D eigenvalue weighted by Crippen LogP contribution is 2.22. The topological polar surface area (TPSA) is 24.5 Å². The monoisotopic (exact) mass is 328 g/mol. The molecular formula is C20H25FN2O. The zero-order chi connectivity index (χ0) is 16.8. The third-order valence-corrected chi connectivity index (χ3v) is 4.47. The zero-order valence-electron chi connectivity index (χ0n) is 14.2. The molecule has 24 heavy (non-hydrogen) atoms. The Balaban J connectivity index is 1.67. The van der Waals surface area contributed by atoms with Crippen LogP contribution in [0, 0.1) is 12.7 Å². The van der Waals surface area contributed by atoms with Crippen molar-refractivity contribution in [3.8, 4) is 0 Å². The maximum atomic E-state index is 13.7. The van der Waals surface area contributed by atoms with E-state index in [2.05, 4.69) is 41.4 Å². The molecule has 1 fully saturated rings. The van der Waals surface area contributed by atoms with E-state index in [1.54, 1.807) is 12.1 Å². The molecule has 2 aromatic carbocycles. The number of ether oxygens (including phenoxy) is 1. The van der Waals surface area contributed by atoms with E-state index in [0.29, 0.717) is 0 Å². The number of rotatable bonds is 6. The number of nitrogens with zero attached hydrogens (tertiary/aromatic N) is 1. The molecule has 0 amide bonds. The quantitative estimate of drug-likeness (QED) is 0.880. The standard InChI is InChI=1S/C20H25FN2O/c1-16-4-2-5-17(12-16)14-22-15-20(23-8-10-24-11-9-23)18-6-3-7-19(21)13-18/h2-7,12-13,20,22H,8-11,14-15H2,1H3. The Morgan fingerprint density at radius 2 is 1.92 bits per heavy atom. The Hall–Kier alpha value is -1.75. The van der Waals surface area contributed by atoms with Crippen LogP contribution >= 0.6 is 0 Å². The van der Waals surface area contributed by atoms with E-state index in [4.69, 9.17) is 4.74 Å². The minimum absolute atomic E-state index is 0.161. The summed E-state index contributed by atoms with van der Waals surface area (Å²) < 4.78 is 19.1. The molecule has 1 atom stereocenters. The van der Waals surface area contributed by atoms with Gasteiger partial charge in [-0.15, -0.1) is 0 Å². The van der Waals surface area contributed by atoms with E-state index in [9.17, 15) is 4.39 Å².